The molecule has 0 saturated carbocycles. The third kappa shape index (κ3) is 8.99. The number of ether oxygens (including phenoxy) is 2. The van der Waals surface area contributed by atoms with Crippen LogP contribution in [0.4, 0.5) is 4.79 Å². The number of benzene rings is 2. The van der Waals surface area contributed by atoms with E-state index in [1.807, 2.05) is 60.7 Å². The molecule has 9 nitrogen and oxygen atoms in total. The molecule has 0 aliphatic heterocycles. The second kappa shape index (κ2) is 12.6. The van der Waals surface area contributed by atoms with Gasteiger partial charge < -0.3 is 25.4 Å². The smallest absolute Gasteiger partial charge is 0.408 e. The van der Waals surface area contributed by atoms with E-state index >= 15 is 0 Å². The normalized spacial score (nSPS) is 11.0. The van der Waals surface area contributed by atoms with E-state index < -0.39 is 29.9 Å². The molecule has 0 radical (unpaired) electrons. The van der Waals surface area contributed by atoms with Gasteiger partial charge in [0.15, 0.2) is 0 Å². The van der Waals surface area contributed by atoms with E-state index in [-0.39, 0.29) is 26.1 Å². The standard InChI is InChI=1S/C22H25N3O6/c1-30-20(27)14-23-19(26)13-24-21(28)18(12-16-8-4-2-5-9-16)25-22(29)31-15-17-10-6-3-7-11-17/h2-11,18H,12-15H2,1H3,(H,23,26)(H,24,28)(H,25,29)/t18-/m0/s1. The Morgan fingerprint density at radius 3 is 2.06 bits per heavy atom. The van der Waals surface area contributed by atoms with Crippen LogP contribution in [0.25, 0.3) is 0 Å². The van der Waals surface area contributed by atoms with Gasteiger partial charge in [0.1, 0.15) is 19.2 Å². The van der Waals surface area contributed by atoms with Crippen LogP contribution in [0.3, 0.4) is 0 Å². The highest BCUT2D eigenvalue weighted by Gasteiger charge is 2.22. The van der Waals surface area contributed by atoms with E-state index in [4.69, 9.17) is 4.74 Å². The van der Waals surface area contributed by atoms with Gasteiger partial charge >= 0.3 is 12.1 Å². The number of carbonyl (C=O) groups is 4. The molecule has 2 aromatic carbocycles. The molecule has 0 aliphatic rings. The van der Waals surface area contributed by atoms with Crippen LogP contribution < -0.4 is 16.0 Å². The van der Waals surface area contributed by atoms with Crippen molar-refractivity contribution >= 4 is 23.9 Å². The fraction of sp³-hybridized carbons (Fsp3) is 0.273. The monoisotopic (exact) mass is 427 g/mol. The molecule has 1 atom stereocenters. The van der Waals surface area contributed by atoms with Crippen molar-refractivity contribution in [2.75, 3.05) is 20.2 Å². The van der Waals surface area contributed by atoms with Crippen LogP contribution in [-0.4, -0.2) is 50.1 Å². The van der Waals surface area contributed by atoms with Crippen molar-refractivity contribution in [3.05, 3.63) is 71.8 Å². The molecule has 2 aromatic rings. The fourth-order valence-electron chi connectivity index (χ4n) is 2.56. The topological polar surface area (TPSA) is 123 Å². The zero-order valence-electron chi connectivity index (χ0n) is 17.1. The lowest BCUT2D eigenvalue weighted by atomic mass is 10.1. The first kappa shape index (κ1) is 23.4. The van der Waals surface area contributed by atoms with Crippen LogP contribution in [0.5, 0.6) is 0 Å². The predicted molar refractivity (Wildman–Crippen MR) is 112 cm³/mol. The summed E-state index contributed by atoms with van der Waals surface area (Å²) < 4.78 is 9.62. The fourth-order valence-corrected chi connectivity index (χ4v) is 2.56. The van der Waals surface area contributed by atoms with E-state index in [0.29, 0.717) is 0 Å². The molecule has 0 saturated heterocycles. The quantitative estimate of drug-likeness (QED) is 0.485. The Morgan fingerprint density at radius 1 is 0.839 bits per heavy atom. The van der Waals surface area contributed by atoms with Crippen molar-refractivity contribution < 1.29 is 28.7 Å². The van der Waals surface area contributed by atoms with Crippen LogP contribution in [0.15, 0.2) is 60.7 Å². The molecule has 164 valence electrons. The minimum Gasteiger partial charge on any atom is -0.468 e. The summed E-state index contributed by atoms with van der Waals surface area (Å²) in [5.41, 5.74) is 1.63. The van der Waals surface area contributed by atoms with Crippen molar-refractivity contribution in [2.24, 2.45) is 0 Å². The van der Waals surface area contributed by atoms with E-state index in [1.165, 1.54) is 7.11 Å². The second-order valence-corrected chi connectivity index (χ2v) is 6.52. The Kier molecular flexibility index (Phi) is 9.54. The first-order valence-corrected chi connectivity index (χ1v) is 9.60. The van der Waals surface area contributed by atoms with Crippen molar-refractivity contribution in [2.45, 2.75) is 19.1 Å². The highest BCUT2D eigenvalue weighted by atomic mass is 16.5. The average Bonchev–Trinajstić information content (AvgIpc) is 2.80. The molecule has 3 amide bonds. The van der Waals surface area contributed by atoms with Crippen molar-refractivity contribution in [1.29, 1.82) is 0 Å². The molecule has 9 heteroatoms. The lowest BCUT2D eigenvalue weighted by Crippen LogP contribution is -2.50. The van der Waals surface area contributed by atoms with Gasteiger partial charge in [-0.3, -0.25) is 14.4 Å². The maximum absolute atomic E-state index is 12.6. The van der Waals surface area contributed by atoms with Gasteiger partial charge in [-0.2, -0.15) is 0 Å². The van der Waals surface area contributed by atoms with Crippen LogP contribution in [0, 0.1) is 0 Å². The number of methoxy groups -OCH3 is 1. The van der Waals surface area contributed by atoms with Gasteiger partial charge in [0.05, 0.1) is 13.7 Å². The van der Waals surface area contributed by atoms with Crippen LogP contribution in [0.1, 0.15) is 11.1 Å². The molecule has 0 spiro atoms. The number of hydrogen-bond acceptors (Lipinski definition) is 6. The van der Waals surface area contributed by atoms with Crippen molar-refractivity contribution in [1.82, 2.24) is 16.0 Å². The number of hydrogen-bond donors (Lipinski definition) is 3. The SMILES string of the molecule is COC(=O)CNC(=O)CNC(=O)[C@H](Cc1ccccc1)NC(=O)OCc1ccccc1. The van der Waals surface area contributed by atoms with Gasteiger partial charge in [0.25, 0.3) is 0 Å². The lowest BCUT2D eigenvalue weighted by Gasteiger charge is -2.18. The van der Waals surface area contributed by atoms with Gasteiger partial charge in [0, 0.05) is 6.42 Å². The lowest BCUT2D eigenvalue weighted by molar-refractivity contribution is -0.141. The van der Waals surface area contributed by atoms with Gasteiger partial charge in [-0.25, -0.2) is 4.79 Å². The molecule has 2 rings (SSSR count). The van der Waals surface area contributed by atoms with Gasteiger partial charge in [-0.15, -0.1) is 0 Å². The molecule has 0 aromatic heterocycles. The van der Waals surface area contributed by atoms with Gasteiger partial charge in [-0.05, 0) is 11.1 Å². The number of nitrogens with one attached hydrogen (secondary N) is 3. The number of carbonyl (C=O) groups excluding carboxylic acids is 4. The Balaban J connectivity index is 1.92. The summed E-state index contributed by atoms with van der Waals surface area (Å²) in [6.07, 6.45) is -0.549. The third-order valence-corrected chi connectivity index (χ3v) is 4.18. The Morgan fingerprint density at radius 2 is 1.45 bits per heavy atom. The number of esters is 1. The summed E-state index contributed by atoms with van der Waals surface area (Å²) in [5, 5.41) is 7.31. The summed E-state index contributed by atoms with van der Waals surface area (Å²) in [6.45, 7) is -0.604. The molecular weight excluding hydrogens is 402 g/mol. The van der Waals surface area contributed by atoms with Gasteiger partial charge in [0.2, 0.25) is 11.8 Å². The van der Waals surface area contributed by atoms with E-state index in [1.54, 1.807) is 0 Å². The average molecular weight is 427 g/mol. The number of amides is 3. The molecular formula is C22H25N3O6. The first-order chi connectivity index (χ1) is 15.0. The summed E-state index contributed by atoms with van der Waals surface area (Å²) in [4.78, 5) is 47.7. The van der Waals surface area contributed by atoms with Crippen LogP contribution in [-0.2, 0) is 36.9 Å². The molecule has 0 bridgehead atoms. The maximum Gasteiger partial charge on any atom is 0.408 e. The van der Waals surface area contributed by atoms with E-state index in [9.17, 15) is 19.2 Å². The highest BCUT2D eigenvalue weighted by Crippen LogP contribution is 2.05. The first-order valence-electron chi connectivity index (χ1n) is 9.60. The van der Waals surface area contributed by atoms with Crippen molar-refractivity contribution in [3.8, 4) is 0 Å². The van der Waals surface area contributed by atoms with E-state index in [2.05, 4.69) is 20.7 Å². The predicted octanol–water partition coefficient (Wildman–Crippen LogP) is 0.930. The second-order valence-electron chi connectivity index (χ2n) is 6.52. The van der Waals surface area contributed by atoms with Crippen molar-refractivity contribution in [3.63, 3.8) is 0 Å². The number of rotatable bonds is 10. The Labute approximate surface area is 180 Å². The molecule has 31 heavy (non-hydrogen) atoms. The summed E-state index contributed by atoms with van der Waals surface area (Å²) in [6, 6.07) is 17.3. The van der Waals surface area contributed by atoms with Crippen LogP contribution in [0.2, 0.25) is 0 Å². The largest absolute Gasteiger partial charge is 0.468 e. The molecule has 0 heterocycles. The summed E-state index contributed by atoms with van der Waals surface area (Å²) in [5.74, 6) is -1.73. The highest BCUT2D eigenvalue weighted by molar-refractivity contribution is 5.90. The minimum atomic E-state index is -0.959. The number of alkyl carbamates (subject to hydrolysis) is 1. The zero-order chi connectivity index (χ0) is 22.5. The Bertz CT molecular complexity index is 873. The molecule has 3 N–H and O–H groups in total. The van der Waals surface area contributed by atoms with Gasteiger partial charge in [-0.1, -0.05) is 60.7 Å². The maximum atomic E-state index is 12.6. The third-order valence-electron chi connectivity index (χ3n) is 4.18. The van der Waals surface area contributed by atoms with Crippen LogP contribution >= 0.6 is 0 Å². The zero-order valence-corrected chi connectivity index (χ0v) is 17.1. The van der Waals surface area contributed by atoms with E-state index in [0.717, 1.165) is 11.1 Å². The summed E-state index contributed by atoms with van der Waals surface area (Å²) in [7, 11) is 1.20. The minimum absolute atomic E-state index is 0.0578. The molecule has 0 fully saturated rings. The Hall–Kier alpha value is -3.88. The molecule has 0 unspecified atom stereocenters. The summed E-state index contributed by atoms with van der Waals surface area (Å²) >= 11 is 0. The molecule has 0 aliphatic carbocycles.